The van der Waals surface area contributed by atoms with Gasteiger partial charge in [0, 0.05) is 50.7 Å². The molecule has 3 rings (SSSR count). The van der Waals surface area contributed by atoms with Gasteiger partial charge >= 0.3 is 0 Å². The molecule has 5 heteroatoms. The largest absolute Gasteiger partial charge is 0.336 e. The Balaban J connectivity index is 1.57. The number of rotatable bonds is 2. The molecule has 2 aliphatic rings. The van der Waals surface area contributed by atoms with Gasteiger partial charge in [0.25, 0.3) is 5.91 Å². The predicted molar refractivity (Wildman–Crippen MR) is 77.7 cm³/mol. The van der Waals surface area contributed by atoms with Crippen LogP contribution in [-0.2, 0) is 0 Å². The van der Waals surface area contributed by atoms with E-state index in [2.05, 4.69) is 15.2 Å². The van der Waals surface area contributed by atoms with E-state index in [1.54, 1.807) is 6.20 Å². The maximum absolute atomic E-state index is 12.4. The molecule has 1 N–H and O–H groups in total. The second-order valence-electron chi connectivity index (χ2n) is 5.66. The fourth-order valence-corrected chi connectivity index (χ4v) is 3.02. The van der Waals surface area contributed by atoms with Gasteiger partial charge in [-0.05, 0) is 32.0 Å². The number of aryl methyl sites for hydroxylation is 1. The van der Waals surface area contributed by atoms with Gasteiger partial charge in [-0.25, -0.2) is 0 Å². The van der Waals surface area contributed by atoms with Gasteiger partial charge in [-0.1, -0.05) is 0 Å². The topological polar surface area (TPSA) is 48.5 Å². The third-order valence-electron chi connectivity index (χ3n) is 4.31. The van der Waals surface area contributed by atoms with Gasteiger partial charge in [0.05, 0.1) is 5.56 Å². The molecule has 0 bridgehead atoms. The molecule has 20 heavy (non-hydrogen) atoms. The van der Waals surface area contributed by atoms with Crippen molar-refractivity contribution in [1.82, 2.24) is 20.1 Å². The highest BCUT2D eigenvalue weighted by Gasteiger charge is 2.28. The van der Waals surface area contributed by atoms with Gasteiger partial charge < -0.3 is 10.2 Å². The summed E-state index contributed by atoms with van der Waals surface area (Å²) in [5, 5.41) is 3.40. The lowest BCUT2D eigenvalue weighted by Crippen LogP contribution is -2.52. The van der Waals surface area contributed by atoms with Crippen molar-refractivity contribution < 1.29 is 4.79 Å². The van der Waals surface area contributed by atoms with Crippen LogP contribution in [0.25, 0.3) is 0 Å². The lowest BCUT2D eigenvalue weighted by atomic mass is 10.1. The van der Waals surface area contributed by atoms with Crippen LogP contribution in [0.15, 0.2) is 18.3 Å². The van der Waals surface area contributed by atoms with E-state index >= 15 is 0 Å². The van der Waals surface area contributed by atoms with Crippen molar-refractivity contribution in [2.24, 2.45) is 0 Å². The number of carbonyl (C=O) groups is 1. The average Bonchev–Trinajstić information content (AvgIpc) is 3.02. The third kappa shape index (κ3) is 2.83. The van der Waals surface area contributed by atoms with Gasteiger partial charge in [0.15, 0.2) is 0 Å². The predicted octanol–water partition coefficient (Wildman–Crippen LogP) is 0.510. The van der Waals surface area contributed by atoms with E-state index in [0.29, 0.717) is 11.6 Å². The second kappa shape index (κ2) is 5.89. The van der Waals surface area contributed by atoms with E-state index in [4.69, 9.17) is 0 Å². The lowest BCUT2D eigenvalue weighted by molar-refractivity contribution is 0.0583. The van der Waals surface area contributed by atoms with Crippen molar-refractivity contribution in [2.75, 3.05) is 39.3 Å². The number of amides is 1. The minimum Gasteiger partial charge on any atom is -0.336 e. The minimum atomic E-state index is 0.113. The molecule has 1 amide bonds. The lowest BCUT2D eigenvalue weighted by Gasteiger charge is -2.37. The summed E-state index contributed by atoms with van der Waals surface area (Å²) in [6.07, 6.45) is 2.92. The second-order valence-corrected chi connectivity index (χ2v) is 5.66. The maximum Gasteiger partial charge on any atom is 0.255 e. The van der Waals surface area contributed by atoms with Crippen LogP contribution in [0.2, 0.25) is 0 Å². The van der Waals surface area contributed by atoms with Gasteiger partial charge in [0.1, 0.15) is 0 Å². The van der Waals surface area contributed by atoms with Gasteiger partial charge in [-0.2, -0.15) is 0 Å². The van der Waals surface area contributed by atoms with Crippen molar-refractivity contribution in [1.29, 1.82) is 0 Å². The molecular formula is C15H22N4O. The summed E-state index contributed by atoms with van der Waals surface area (Å²) in [5.41, 5.74) is 1.65. The standard InChI is InChI=1S/C15H22N4O/c1-12-2-3-13(10-17-12)15(20)19-8-6-18(7-9-19)14-4-5-16-11-14/h2-3,10,14,16H,4-9,11H2,1H3. The Bertz CT molecular complexity index is 459. The van der Waals surface area contributed by atoms with Crippen molar-refractivity contribution in [2.45, 2.75) is 19.4 Å². The molecule has 0 spiro atoms. The third-order valence-corrected chi connectivity index (χ3v) is 4.31. The van der Waals surface area contributed by atoms with Crippen LogP contribution in [0, 0.1) is 6.92 Å². The molecule has 1 aromatic rings. The SMILES string of the molecule is Cc1ccc(C(=O)N2CCN(C3CCNC3)CC2)cn1. The Kier molecular flexibility index (Phi) is 3.98. The normalized spacial score (nSPS) is 24.1. The minimum absolute atomic E-state index is 0.113. The summed E-state index contributed by atoms with van der Waals surface area (Å²) in [4.78, 5) is 21.1. The molecule has 1 atom stereocenters. The van der Waals surface area contributed by atoms with Gasteiger partial charge in [0.2, 0.25) is 0 Å². The molecular weight excluding hydrogens is 252 g/mol. The maximum atomic E-state index is 12.4. The fourth-order valence-electron chi connectivity index (χ4n) is 3.02. The molecule has 5 nitrogen and oxygen atoms in total. The molecule has 2 saturated heterocycles. The van der Waals surface area contributed by atoms with Gasteiger partial charge in [-0.3, -0.25) is 14.7 Å². The number of piperazine rings is 1. The van der Waals surface area contributed by atoms with Crippen LogP contribution >= 0.6 is 0 Å². The zero-order valence-corrected chi connectivity index (χ0v) is 12.0. The first-order valence-corrected chi connectivity index (χ1v) is 7.41. The van der Waals surface area contributed by atoms with E-state index < -0.39 is 0 Å². The summed E-state index contributed by atoms with van der Waals surface area (Å²) in [6, 6.07) is 4.43. The molecule has 2 aliphatic heterocycles. The van der Waals surface area contributed by atoms with Crippen LogP contribution in [0.5, 0.6) is 0 Å². The van der Waals surface area contributed by atoms with E-state index in [0.717, 1.165) is 45.0 Å². The van der Waals surface area contributed by atoms with E-state index in [1.165, 1.54) is 6.42 Å². The number of nitrogens with one attached hydrogen (secondary N) is 1. The van der Waals surface area contributed by atoms with Crippen LogP contribution in [0.4, 0.5) is 0 Å². The van der Waals surface area contributed by atoms with Gasteiger partial charge in [-0.15, -0.1) is 0 Å². The van der Waals surface area contributed by atoms with Crippen LogP contribution in [0.1, 0.15) is 22.5 Å². The van der Waals surface area contributed by atoms with Crippen LogP contribution < -0.4 is 5.32 Å². The molecule has 0 aliphatic carbocycles. The smallest absolute Gasteiger partial charge is 0.255 e. The zero-order valence-electron chi connectivity index (χ0n) is 12.0. The highest BCUT2D eigenvalue weighted by atomic mass is 16.2. The number of pyridine rings is 1. The Hall–Kier alpha value is -1.46. The Morgan fingerprint density at radius 1 is 1.30 bits per heavy atom. The Morgan fingerprint density at radius 2 is 2.10 bits per heavy atom. The van der Waals surface area contributed by atoms with Crippen molar-refractivity contribution in [3.05, 3.63) is 29.6 Å². The summed E-state index contributed by atoms with van der Waals surface area (Å²) in [5.74, 6) is 0.113. The van der Waals surface area contributed by atoms with Crippen LogP contribution in [-0.4, -0.2) is 66.0 Å². The molecule has 2 fully saturated rings. The Morgan fingerprint density at radius 3 is 2.70 bits per heavy atom. The van der Waals surface area contributed by atoms with Crippen LogP contribution in [0.3, 0.4) is 0 Å². The molecule has 0 aromatic carbocycles. The summed E-state index contributed by atoms with van der Waals surface area (Å²) < 4.78 is 0. The molecule has 1 aromatic heterocycles. The van der Waals surface area contributed by atoms with Crippen molar-refractivity contribution in [3.8, 4) is 0 Å². The number of hydrogen-bond donors (Lipinski definition) is 1. The molecule has 0 saturated carbocycles. The van der Waals surface area contributed by atoms with E-state index in [1.807, 2.05) is 24.0 Å². The quantitative estimate of drug-likeness (QED) is 0.854. The molecule has 0 radical (unpaired) electrons. The zero-order chi connectivity index (χ0) is 13.9. The summed E-state index contributed by atoms with van der Waals surface area (Å²) >= 11 is 0. The summed E-state index contributed by atoms with van der Waals surface area (Å²) in [6.45, 7) is 7.76. The average molecular weight is 274 g/mol. The summed E-state index contributed by atoms with van der Waals surface area (Å²) in [7, 11) is 0. The number of carbonyl (C=O) groups excluding carboxylic acids is 1. The molecule has 108 valence electrons. The number of hydrogen-bond acceptors (Lipinski definition) is 4. The van der Waals surface area contributed by atoms with E-state index in [9.17, 15) is 4.79 Å². The highest BCUT2D eigenvalue weighted by Crippen LogP contribution is 2.14. The first-order valence-electron chi connectivity index (χ1n) is 7.41. The molecule has 3 heterocycles. The first-order chi connectivity index (χ1) is 9.74. The van der Waals surface area contributed by atoms with E-state index in [-0.39, 0.29) is 5.91 Å². The fraction of sp³-hybridized carbons (Fsp3) is 0.600. The highest BCUT2D eigenvalue weighted by molar-refractivity contribution is 5.94. The number of aromatic nitrogens is 1. The first kappa shape index (κ1) is 13.5. The number of nitrogens with zero attached hydrogens (tertiary/aromatic N) is 3. The molecule has 1 unspecified atom stereocenters. The Labute approximate surface area is 120 Å². The van der Waals surface area contributed by atoms with Crippen molar-refractivity contribution in [3.63, 3.8) is 0 Å². The van der Waals surface area contributed by atoms with Crippen molar-refractivity contribution >= 4 is 5.91 Å². The monoisotopic (exact) mass is 274 g/mol.